The molecule has 7 heteroatoms. The average Bonchev–Trinajstić information content (AvgIpc) is 3.40. The maximum absolute atomic E-state index is 12.9. The summed E-state index contributed by atoms with van der Waals surface area (Å²) < 4.78 is 11.6. The predicted octanol–water partition coefficient (Wildman–Crippen LogP) is 2.40. The fourth-order valence-electron chi connectivity index (χ4n) is 4.50. The summed E-state index contributed by atoms with van der Waals surface area (Å²) >= 11 is 0. The second-order valence-corrected chi connectivity index (χ2v) is 8.10. The Labute approximate surface area is 168 Å². The normalized spacial score (nSPS) is 23.0. The second-order valence-electron chi connectivity index (χ2n) is 8.10. The van der Waals surface area contributed by atoms with Crippen molar-refractivity contribution in [3.63, 3.8) is 0 Å². The number of carbonyl (C=O) groups is 1. The highest BCUT2D eigenvalue weighted by Gasteiger charge is 2.66. The van der Waals surface area contributed by atoms with Crippen molar-refractivity contribution in [1.29, 1.82) is 5.26 Å². The summed E-state index contributed by atoms with van der Waals surface area (Å²) in [6, 6.07) is 9.73. The smallest absolute Gasteiger partial charge is 0.283 e. The zero-order chi connectivity index (χ0) is 20.2. The number of nitrogens with two attached hydrogens (primary N) is 1. The Hall–Kier alpha value is -3.40. The number of hydrogen-bond acceptors (Lipinski definition) is 7. The van der Waals surface area contributed by atoms with Gasteiger partial charge >= 0.3 is 0 Å². The summed E-state index contributed by atoms with van der Waals surface area (Å²) in [5.41, 5.74) is 8.61. The van der Waals surface area contributed by atoms with E-state index in [-0.39, 0.29) is 23.6 Å². The molecule has 2 aromatic rings. The molecule has 0 radical (unpaired) electrons. The first kappa shape index (κ1) is 17.7. The third kappa shape index (κ3) is 2.59. The van der Waals surface area contributed by atoms with E-state index in [2.05, 4.69) is 4.98 Å². The van der Waals surface area contributed by atoms with Crippen molar-refractivity contribution in [2.75, 3.05) is 13.2 Å². The maximum atomic E-state index is 12.9. The molecular formula is C22H20N4O3. The summed E-state index contributed by atoms with van der Waals surface area (Å²) in [5.74, 6) is 0.679. The van der Waals surface area contributed by atoms with Crippen LogP contribution in [0.4, 0.5) is 0 Å². The third-order valence-electron chi connectivity index (χ3n) is 6.29. The molecule has 1 aliphatic carbocycles. The third-order valence-corrected chi connectivity index (χ3v) is 6.29. The van der Waals surface area contributed by atoms with E-state index in [0.29, 0.717) is 30.0 Å². The number of hydrogen-bond donors (Lipinski definition) is 1. The van der Waals surface area contributed by atoms with Gasteiger partial charge in [0.2, 0.25) is 0 Å². The van der Waals surface area contributed by atoms with Gasteiger partial charge in [-0.2, -0.15) is 5.26 Å². The minimum absolute atomic E-state index is 0.0744. The summed E-state index contributed by atoms with van der Waals surface area (Å²) in [4.78, 5) is 21.8. The number of aliphatic imine (C=N–C) groups is 1. The first-order valence-electron chi connectivity index (χ1n) is 9.61. The number of ether oxygens (including phenoxy) is 2. The zero-order valence-electron chi connectivity index (χ0n) is 16.1. The van der Waals surface area contributed by atoms with Crippen LogP contribution in [0.15, 0.2) is 35.5 Å². The van der Waals surface area contributed by atoms with Gasteiger partial charge in [0, 0.05) is 23.6 Å². The van der Waals surface area contributed by atoms with Gasteiger partial charge in [0.25, 0.3) is 6.02 Å². The van der Waals surface area contributed by atoms with Crippen LogP contribution >= 0.6 is 0 Å². The van der Waals surface area contributed by atoms with Crippen LogP contribution in [0.25, 0.3) is 0 Å². The molecule has 29 heavy (non-hydrogen) atoms. The van der Waals surface area contributed by atoms with E-state index in [1.807, 2.05) is 24.3 Å². The van der Waals surface area contributed by atoms with E-state index in [9.17, 15) is 4.79 Å². The van der Waals surface area contributed by atoms with Crippen LogP contribution in [0.1, 0.15) is 45.6 Å². The standard InChI is InChI=1S/C22H20N4O3/c1-13-6-15(9-23)10-25-19(13)17(27)8-14-2-3-18-16(7-14)22(12-29-20(24)26-22)21(4-5-21)11-28-18/h2-3,6-7,10H,4-5,8,11-12H2,1H3,(H2,24,26). The topological polar surface area (TPSA) is 111 Å². The van der Waals surface area contributed by atoms with Gasteiger partial charge in [-0.15, -0.1) is 0 Å². The van der Waals surface area contributed by atoms with Gasteiger partial charge in [-0.1, -0.05) is 6.07 Å². The van der Waals surface area contributed by atoms with E-state index in [4.69, 9.17) is 25.5 Å². The highest BCUT2D eigenvalue weighted by Crippen LogP contribution is 2.65. The minimum Gasteiger partial charge on any atom is -0.493 e. The molecule has 3 heterocycles. The number of pyridine rings is 1. The van der Waals surface area contributed by atoms with Gasteiger partial charge in [0.05, 0.1) is 12.2 Å². The lowest BCUT2D eigenvalue weighted by atomic mass is 9.74. The molecule has 0 amide bonds. The molecule has 1 aromatic carbocycles. The molecule has 1 fully saturated rings. The molecular weight excluding hydrogens is 368 g/mol. The van der Waals surface area contributed by atoms with Crippen LogP contribution < -0.4 is 10.5 Å². The molecule has 2 N–H and O–H groups in total. The Morgan fingerprint density at radius 3 is 2.76 bits per heavy atom. The van der Waals surface area contributed by atoms with Crippen molar-refractivity contribution in [2.24, 2.45) is 16.1 Å². The molecule has 1 unspecified atom stereocenters. The fraction of sp³-hybridized carbons (Fsp3) is 0.364. The van der Waals surface area contributed by atoms with E-state index < -0.39 is 5.54 Å². The quantitative estimate of drug-likeness (QED) is 0.809. The monoisotopic (exact) mass is 388 g/mol. The van der Waals surface area contributed by atoms with Gasteiger partial charge in [0.1, 0.15) is 29.7 Å². The van der Waals surface area contributed by atoms with Gasteiger partial charge < -0.3 is 15.2 Å². The number of fused-ring (bicyclic) bond motifs is 3. The van der Waals surface area contributed by atoms with Gasteiger partial charge in [-0.3, -0.25) is 9.78 Å². The number of aryl methyl sites for hydroxylation is 1. The molecule has 1 aromatic heterocycles. The van der Waals surface area contributed by atoms with Crippen LogP contribution in [0.2, 0.25) is 0 Å². The highest BCUT2D eigenvalue weighted by molar-refractivity contribution is 5.97. The summed E-state index contributed by atoms with van der Waals surface area (Å²) in [7, 11) is 0. The van der Waals surface area contributed by atoms with Crippen molar-refractivity contribution in [3.05, 3.63) is 58.4 Å². The van der Waals surface area contributed by atoms with Crippen molar-refractivity contribution in [2.45, 2.75) is 31.7 Å². The number of nitriles is 1. The van der Waals surface area contributed by atoms with Crippen LogP contribution in [0.5, 0.6) is 5.75 Å². The molecule has 5 rings (SSSR count). The number of nitrogens with zero attached hydrogens (tertiary/aromatic N) is 3. The Kier molecular flexibility index (Phi) is 3.69. The zero-order valence-corrected chi connectivity index (χ0v) is 16.1. The maximum Gasteiger partial charge on any atom is 0.283 e. The van der Waals surface area contributed by atoms with E-state index in [1.54, 1.807) is 13.0 Å². The molecule has 146 valence electrons. The average molecular weight is 388 g/mol. The van der Waals surface area contributed by atoms with Crippen molar-refractivity contribution in [1.82, 2.24) is 4.98 Å². The number of amidine groups is 1. The number of Topliss-reactive ketones (excluding diaryl/α,β-unsaturated/α-hetero) is 1. The molecule has 1 saturated carbocycles. The molecule has 1 atom stereocenters. The minimum atomic E-state index is -0.535. The van der Waals surface area contributed by atoms with Crippen LogP contribution in [-0.4, -0.2) is 30.0 Å². The van der Waals surface area contributed by atoms with Crippen LogP contribution in [0.3, 0.4) is 0 Å². The van der Waals surface area contributed by atoms with Gasteiger partial charge in [0.15, 0.2) is 5.78 Å². The summed E-state index contributed by atoms with van der Waals surface area (Å²) in [6.45, 7) is 2.80. The fourth-order valence-corrected chi connectivity index (χ4v) is 4.50. The molecule has 0 bridgehead atoms. The number of aromatic nitrogens is 1. The van der Waals surface area contributed by atoms with E-state index in [1.165, 1.54) is 6.20 Å². The van der Waals surface area contributed by atoms with Crippen molar-refractivity contribution >= 4 is 11.8 Å². The Bertz CT molecular complexity index is 1110. The van der Waals surface area contributed by atoms with E-state index in [0.717, 1.165) is 29.7 Å². The predicted molar refractivity (Wildman–Crippen MR) is 105 cm³/mol. The van der Waals surface area contributed by atoms with Crippen LogP contribution in [0, 0.1) is 23.7 Å². The Morgan fingerprint density at radius 2 is 2.10 bits per heavy atom. The molecule has 7 nitrogen and oxygen atoms in total. The lowest BCUT2D eigenvalue weighted by Gasteiger charge is -2.39. The van der Waals surface area contributed by atoms with Crippen LogP contribution in [-0.2, 0) is 16.7 Å². The Balaban J connectivity index is 1.49. The first-order chi connectivity index (χ1) is 14.0. The van der Waals surface area contributed by atoms with Gasteiger partial charge in [-0.25, -0.2) is 4.99 Å². The van der Waals surface area contributed by atoms with Crippen molar-refractivity contribution < 1.29 is 14.3 Å². The lowest BCUT2D eigenvalue weighted by molar-refractivity contribution is 0.0869. The van der Waals surface area contributed by atoms with Crippen molar-refractivity contribution in [3.8, 4) is 11.8 Å². The number of ketones is 1. The Morgan fingerprint density at radius 1 is 1.28 bits per heavy atom. The largest absolute Gasteiger partial charge is 0.493 e. The highest BCUT2D eigenvalue weighted by atomic mass is 16.5. The second kappa shape index (κ2) is 6.05. The molecule has 3 aliphatic rings. The SMILES string of the molecule is Cc1cc(C#N)cnc1C(=O)Cc1ccc2c(c1)C1(COC(N)=N1)C1(CC1)CO2. The van der Waals surface area contributed by atoms with Gasteiger partial charge in [-0.05, 0) is 49.1 Å². The molecule has 0 saturated heterocycles. The lowest BCUT2D eigenvalue weighted by Crippen LogP contribution is -2.44. The summed E-state index contributed by atoms with van der Waals surface area (Å²) in [6.07, 6.45) is 3.67. The van der Waals surface area contributed by atoms with E-state index >= 15 is 0 Å². The summed E-state index contributed by atoms with van der Waals surface area (Å²) in [5, 5.41) is 8.99. The number of carbonyl (C=O) groups excluding carboxylic acids is 1. The number of rotatable bonds is 3. The molecule has 2 aliphatic heterocycles. The number of benzene rings is 1. The molecule has 2 spiro atoms. The first-order valence-corrected chi connectivity index (χ1v) is 9.61.